The molecule has 74 valence electrons. The number of carbonyl (C=O) groups is 1. The summed E-state index contributed by atoms with van der Waals surface area (Å²) in [5.41, 5.74) is 0.280. The third-order valence-corrected chi connectivity index (χ3v) is 3.98. The Morgan fingerprint density at radius 3 is 2.93 bits per heavy atom. The Balaban J connectivity index is 2.67. The fourth-order valence-corrected chi connectivity index (χ4v) is 3.06. The highest BCUT2D eigenvalue weighted by Gasteiger charge is 2.30. The Kier molecular flexibility index (Phi) is 2.23. The molecule has 1 aliphatic rings. The Morgan fingerprint density at radius 1 is 1.50 bits per heavy atom. The minimum absolute atomic E-state index is 0.0793. The van der Waals surface area contributed by atoms with E-state index in [9.17, 15) is 13.4 Å². The van der Waals surface area contributed by atoms with Crippen molar-refractivity contribution >= 4 is 16.6 Å². The quantitative estimate of drug-likeness (QED) is 0.656. The van der Waals surface area contributed by atoms with E-state index < -0.39 is 16.6 Å². The molecule has 2 rings (SSSR count). The molecule has 1 aromatic carbocycles. The van der Waals surface area contributed by atoms with Crippen LogP contribution in [0.15, 0.2) is 23.1 Å². The van der Waals surface area contributed by atoms with Crippen molar-refractivity contribution in [2.24, 2.45) is 5.92 Å². The zero-order chi connectivity index (χ0) is 10.3. The molecule has 1 aliphatic heterocycles. The predicted octanol–water partition coefficient (Wildman–Crippen LogP) is 1.77. The highest BCUT2D eigenvalue weighted by Crippen LogP contribution is 2.27. The molecule has 2 atom stereocenters. The number of fused-ring (bicyclic) bond motifs is 1. The number of benzene rings is 1. The van der Waals surface area contributed by atoms with E-state index in [0.29, 0.717) is 0 Å². The van der Waals surface area contributed by atoms with Crippen LogP contribution in [0, 0.1) is 11.7 Å². The summed E-state index contributed by atoms with van der Waals surface area (Å²) >= 11 is 0. The van der Waals surface area contributed by atoms with E-state index in [2.05, 4.69) is 0 Å². The van der Waals surface area contributed by atoms with Gasteiger partial charge in [-0.25, -0.2) is 4.39 Å². The molecular formula is C10H9FO2S. The van der Waals surface area contributed by atoms with Gasteiger partial charge in [0.2, 0.25) is 0 Å². The van der Waals surface area contributed by atoms with Gasteiger partial charge in [-0.15, -0.1) is 0 Å². The van der Waals surface area contributed by atoms with Crippen LogP contribution in [-0.2, 0) is 10.8 Å². The molecule has 0 amide bonds. The molecule has 2 nitrogen and oxygen atoms in total. The molecule has 0 saturated heterocycles. The summed E-state index contributed by atoms with van der Waals surface area (Å²) < 4.78 is 24.9. The third-order valence-electron chi connectivity index (χ3n) is 2.31. The van der Waals surface area contributed by atoms with Crippen molar-refractivity contribution in [1.29, 1.82) is 0 Å². The monoisotopic (exact) mass is 212 g/mol. The highest BCUT2D eigenvalue weighted by atomic mass is 32.2. The molecular weight excluding hydrogens is 203 g/mol. The Morgan fingerprint density at radius 2 is 2.21 bits per heavy atom. The molecule has 0 aromatic heterocycles. The van der Waals surface area contributed by atoms with Crippen LogP contribution >= 0.6 is 0 Å². The van der Waals surface area contributed by atoms with Gasteiger partial charge in [-0.05, 0) is 12.1 Å². The molecule has 0 fully saturated rings. The van der Waals surface area contributed by atoms with Crippen LogP contribution in [0.5, 0.6) is 0 Å². The lowest BCUT2D eigenvalue weighted by Crippen LogP contribution is -2.26. The SMILES string of the molecule is CC1CS(=O)c2c(F)cccc2C1=O. The van der Waals surface area contributed by atoms with Crippen molar-refractivity contribution in [3.05, 3.63) is 29.6 Å². The topological polar surface area (TPSA) is 34.1 Å². The molecule has 4 heteroatoms. The van der Waals surface area contributed by atoms with Gasteiger partial charge >= 0.3 is 0 Å². The summed E-state index contributed by atoms with van der Waals surface area (Å²) in [5.74, 6) is -0.697. The molecule has 0 bridgehead atoms. The van der Waals surface area contributed by atoms with Crippen LogP contribution in [0.25, 0.3) is 0 Å². The fraction of sp³-hybridized carbons (Fsp3) is 0.300. The van der Waals surface area contributed by atoms with Crippen molar-refractivity contribution in [2.75, 3.05) is 5.75 Å². The second-order valence-electron chi connectivity index (χ2n) is 3.39. The van der Waals surface area contributed by atoms with Crippen molar-refractivity contribution < 1.29 is 13.4 Å². The van der Waals surface area contributed by atoms with Gasteiger partial charge in [-0.2, -0.15) is 0 Å². The maximum absolute atomic E-state index is 13.3. The van der Waals surface area contributed by atoms with Crippen LogP contribution in [0.1, 0.15) is 17.3 Å². The van der Waals surface area contributed by atoms with Crippen LogP contribution in [0.4, 0.5) is 4.39 Å². The first kappa shape index (κ1) is 9.52. The first-order valence-electron chi connectivity index (χ1n) is 4.32. The minimum Gasteiger partial charge on any atom is -0.294 e. The molecule has 0 N–H and O–H groups in total. The Hall–Kier alpha value is -1.03. The van der Waals surface area contributed by atoms with Gasteiger partial charge in [0.15, 0.2) is 5.78 Å². The summed E-state index contributed by atoms with van der Waals surface area (Å²) in [4.78, 5) is 11.7. The second kappa shape index (κ2) is 3.28. The summed E-state index contributed by atoms with van der Waals surface area (Å²) in [6.45, 7) is 1.72. The van der Waals surface area contributed by atoms with E-state index >= 15 is 0 Å². The zero-order valence-electron chi connectivity index (χ0n) is 7.62. The number of carbonyl (C=O) groups excluding carboxylic acids is 1. The predicted molar refractivity (Wildman–Crippen MR) is 51.2 cm³/mol. The summed E-state index contributed by atoms with van der Waals surface area (Å²) in [6, 6.07) is 4.25. The lowest BCUT2D eigenvalue weighted by molar-refractivity contribution is 0.0934. The third kappa shape index (κ3) is 1.30. The molecule has 2 unspecified atom stereocenters. The van der Waals surface area contributed by atoms with Gasteiger partial charge in [0.25, 0.3) is 0 Å². The van der Waals surface area contributed by atoms with Gasteiger partial charge in [-0.1, -0.05) is 13.0 Å². The highest BCUT2D eigenvalue weighted by molar-refractivity contribution is 7.85. The summed E-state index contributed by atoms with van der Waals surface area (Å²) in [7, 11) is -1.37. The van der Waals surface area contributed by atoms with E-state index in [0.717, 1.165) is 0 Å². The molecule has 0 radical (unpaired) electrons. The molecule has 0 aliphatic carbocycles. The lowest BCUT2D eigenvalue weighted by atomic mass is 10.0. The average molecular weight is 212 g/mol. The largest absolute Gasteiger partial charge is 0.294 e. The van der Waals surface area contributed by atoms with E-state index in [-0.39, 0.29) is 27.9 Å². The fourth-order valence-electron chi connectivity index (χ4n) is 1.59. The molecule has 0 spiro atoms. The number of ketones is 1. The number of halogens is 1. The smallest absolute Gasteiger partial charge is 0.167 e. The molecule has 0 saturated carbocycles. The van der Waals surface area contributed by atoms with E-state index in [1.807, 2.05) is 0 Å². The van der Waals surface area contributed by atoms with Crippen LogP contribution in [0.2, 0.25) is 0 Å². The van der Waals surface area contributed by atoms with Gasteiger partial charge in [0, 0.05) is 17.2 Å². The Labute approximate surface area is 83.6 Å². The normalized spacial score (nSPS) is 26.0. The number of hydrogen-bond donors (Lipinski definition) is 0. The van der Waals surface area contributed by atoms with Gasteiger partial charge in [-0.3, -0.25) is 9.00 Å². The van der Waals surface area contributed by atoms with Crippen molar-refractivity contribution in [3.63, 3.8) is 0 Å². The molecule has 1 heterocycles. The zero-order valence-corrected chi connectivity index (χ0v) is 8.44. The molecule has 1 aromatic rings. The number of Topliss-reactive ketones (excluding diaryl/α,β-unsaturated/α-hetero) is 1. The minimum atomic E-state index is -1.37. The standard InChI is InChI=1S/C10H9FO2S/c1-6-5-14(13)10-7(9(6)12)3-2-4-8(10)11/h2-4,6H,5H2,1H3. The Bertz CT molecular complexity index is 428. The lowest BCUT2D eigenvalue weighted by Gasteiger charge is -2.19. The van der Waals surface area contributed by atoms with Crippen molar-refractivity contribution in [2.45, 2.75) is 11.8 Å². The average Bonchev–Trinajstić information content (AvgIpc) is 2.14. The maximum atomic E-state index is 13.3. The first-order chi connectivity index (χ1) is 6.61. The van der Waals surface area contributed by atoms with Crippen LogP contribution in [0.3, 0.4) is 0 Å². The summed E-state index contributed by atoms with van der Waals surface area (Å²) in [6.07, 6.45) is 0. The van der Waals surface area contributed by atoms with E-state index in [4.69, 9.17) is 0 Å². The van der Waals surface area contributed by atoms with E-state index in [1.165, 1.54) is 18.2 Å². The second-order valence-corrected chi connectivity index (χ2v) is 4.83. The number of rotatable bonds is 0. The van der Waals surface area contributed by atoms with E-state index in [1.54, 1.807) is 6.92 Å². The van der Waals surface area contributed by atoms with Gasteiger partial charge in [0.1, 0.15) is 5.82 Å². The first-order valence-corrected chi connectivity index (χ1v) is 5.64. The van der Waals surface area contributed by atoms with Crippen molar-refractivity contribution in [3.8, 4) is 0 Å². The van der Waals surface area contributed by atoms with Crippen molar-refractivity contribution in [1.82, 2.24) is 0 Å². The molecule has 14 heavy (non-hydrogen) atoms. The van der Waals surface area contributed by atoms with Crippen LogP contribution in [-0.4, -0.2) is 15.7 Å². The number of hydrogen-bond acceptors (Lipinski definition) is 2. The van der Waals surface area contributed by atoms with Crippen LogP contribution < -0.4 is 0 Å². The van der Waals surface area contributed by atoms with Gasteiger partial charge < -0.3 is 0 Å². The summed E-state index contributed by atoms with van der Waals surface area (Å²) in [5, 5.41) is 0. The maximum Gasteiger partial charge on any atom is 0.167 e. The van der Waals surface area contributed by atoms with Gasteiger partial charge in [0.05, 0.1) is 15.7 Å².